The summed E-state index contributed by atoms with van der Waals surface area (Å²) in [5.74, 6) is 0.732. The Morgan fingerprint density at radius 3 is 2.73 bits per heavy atom. The first-order valence-corrected chi connectivity index (χ1v) is 4.65. The van der Waals surface area contributed by atoms with Gasteiger partial charge in [-0.3, -0.25) is 4.98 Å². The number of methoxy groups -OCH3 is 1. The number of nitrogen functional groups attached to an aromatic ring is 1. The van der Waals surface area contributed by atoms with E-state index in [1.807, 2.05) is 30.3 Å². The van der Waals surface area contributed by atoms with E-state index in [9.17, 15) is 0 Å². The Morgan fingerprint density at radius 1 is 1.20 bits per heavy atom. The van der Waals surface area contributed by atoms with E-state index in [4.69, 9.17) is 10.5 Å². The molecule has 76 valence electrons. The molecule has 0 amide bonds. The van der Waals surface area contributed by atoms with Gasteiger partial charge in [-0.25, -0.2) is 0 Å². The third-order valence-electron chi connectivity index (χ3n) is 2.22. The number of anilines is 1. The summed E-state index contributed by atoms with van der Waals surface area (Å²) in [4.78, 5) is 4.09. The minimum Gasteiger partial charge on any atom is -0.495 e. The molecule has 2 N–H and O–H groups in total. The number of hydrogen-bond donors (Lipinski definition) is 1. The van der Waals surface area contributed by atoms with E-state index >= 15 is 0 Å². The normalized spacial score (nSPS) is 9.93. The molecule has 0 bridgehead atoms. The Balaban J connectivity index is 2.49. The molecule has 0 atom stereocenters. The van der Waals surface area contributed by atoms with Crippen LogP contribution in [0.2, 0.25) is 0 Å². The fourth-order valence-electron chi connectivity index (χ4n) is 1.44. The van der Waals surface area contributed by atoms with E-state index in [0.717, 1.165) is 22.6 Å². The van der Waals surface area contributed by atoms with E-state index in [0.29, 0.717) is 0 Å². The van der Waals surface area contributed by atoms with Crippen LogP contribution in [-0.2, 0) is 0 Å². The third kappa shape index (κ3) is 1.91. The van der Waals surface area contributed by atoms with Gasteiger partial charge in [0.2, 0.25) is 0 Å². The van der Waals surface area contributed by atoms with Crippen LogP contribution in [-0.4, -0.2) is 12.1 Å². The second-order valence-electron chi connectivity index (χ2n) is 3.20. The molecular weight excluding hydrogens is 188 g/mol. The lowest BCUT2D eigenvalue weighted by Crippen LogP contribution is -1.91. The molecule has 0 spiro atoms. The summed E-state index contributed by atoms with van der Waals surface area (Å²) in [6.45, 7) is 0. The maximum absolute atomic E-state index is 5.88. The van der Waals surface area contributed by atoms with Crippen molar-refractivity contribution in [2.45, 2.75) is 0 Å². The number of ether oxygens (including phenoxy) is 1. The van der Waals surface area contributed by atoms with Gasteiger partial charge in [-0.2, -0.15) is 0 Å². The van der Waals surface area contributed by atoms with Crippen LogP contribution in [0.4, 0.5) is 5.69 Å². The molecule has 3 heteroatoms. The summed E-state index contributed by atoms with van der Waals surface area (Å²) in [6, 6.07) is 9.61. The lowest BCUT2D eigenvalue weighted by molar-refractivity contribution is 0.413. The van der Waals surface area contributed by atoms with Gasteiger partial charge in [0.05, 0.1) is 13.3 Å². The first-order valence-electron chi connectivity index (χ1n) is 4.65. The van der Waals surface area contributed by atoms with Crippen molar-refractivity contribution in [1.82, 2.24) is 4.98 Å². The van der Waals surface area contributed by atoms with E-state index in [2.05, 4.69) is 4.98 Å². The van der Waals surface area contributed by atoms with Crippen LogP contribution in [0.25, 0.3) is 11.1 Å². The monoisotopic (exact) mass is 200 g/mol. The second kappa shape index (κ2) is 4.00. The van der Waals surface area contributed by atoms with Gasteiger partial charge in [0.25, 0.3) is 0 Å². The Hall–Kier alpha value is -2.03. The van der Waals surface area contributed by atoms with Gasteiger partial charge in [-0.1, -0.05) is 18.2 Å². The van der Waals surface area contributed by atoms with Gasteiger partial charge in [0.15, 0.2) is 0 Å². The van der Waals surface area contributed by atoms with Crippen molar-refractivity contribution < 1.29 is 4.74 Å². The Kier molecular flexibility index (Phi) is 2.54. The van der Waals surface area contributed by atoms with Gasteiger partial charge < -0.3 is 10.5 Å². The van der Waals surface area contributed by atoms with Crippen LogP contribution >= 0.6 is 0 Å². The van der Waals surface area contributed by atoms with Crippen molar-refractivity contribution >= 4 is 5.69 Å². The molecule has 0 unspecified atom stereocenters. The first-order chi connectivity index (χ1) is 7.31. The zero-order valence-corrected chi connectivity index (χ0v) is 8.47. The quantitative estimate of drug-likeness (QED) is 0.757. The molecule has 0 saturated carbocycles. The van der Waals surface area contributed by atoms with Crippen molar-refractivity contribution in [2.75, 3.05) is 12.8 Å². The molecule has 15 heavy (non-hydrogen) atoms. The largest absolute Gasteiger partial charge is 0.495 e. The Morgan fingerprint density at radius 2 is 2.00 bits per heavy atom. The average molecular weight is 200 g/mol. The number of para-hydroxylation sites is 1. The highest BCUT2D eigenvalue weighted by Gasteiger charge is 2.02. The van der Waals surface area contributed by atoms with Crippen LogP contribution in [0.3, 0.4) is 0 Å². The van der Waals surface area contributed by atoms with Gasteiger partial charge in [-0.05, 0) is 12.1 Å². The summed E-state index contributed by atoms with van der Waals surface area (Å²) < 4.78 is 5.11. The molecule has 0 saturated heterocycles. The first kappa shape index (κ1) is 9.52. The van der Waals surface area contributed by atoms with Crippen LogP contribution in [0.5, 0.6) is 5.75 Å². The Bertz CT molecular complexity index is 469. The highest BCUT2D eigenvalue weighted by Crippen LogP contribution is 2.26. The van der Waals surface area contributed by atoms with E-state index in [1.165, 1.54) is 0 Å². The van der Waals surface area contributed by atoms with Crippen molar-refractivity contribution in [2.24, 2.45) is 0 Å². The second-order valence-corrected chi connectivity index (χ2v) is 3.20. The third-order valence-corrected chi connectivity index (χ3v) is 2.22. The summed E-state index contributed by atoms with van der Waals surface area (Å²) in [5, 5.41) is 0. The summed E-state index contributed by atoms with van der Waals surface area (Å²) in [5.41, 5.74) is 8.56. The predicted octanol–water partition coefficient (Wildman–Crippen LogP) is 2.34. The molecule has 0 aliphatic rings. The van der Waals surface area contributed by atoms with E-state index in [1.54, 1.807) is 19.5 Å². The standard InChI is InChI=1S/C12H12N2O/c1-15-10-6-9(7-14-8-10)11-4-2-3-5-12(11)13/h2-8H,13H2,1H3. The molecule has 1 aromatic carbocycles. The number of nitrogens with zero attached hydrogens (tertiary/aromatic N) is 1. The van der Waals surface area contributed by atoms with Crippen LogP contribution in [0, 0.1) is 0 Å². The number of hydrogen-bond acceptors (Lipinski definition) is 3. The van der Waals surface area contributed by atoms with Crippen molar-refractivity contribution in [3.8, 4) is 16.9 Å². The molecule has 2 rings (SSSR count). The average Bonchev–Trinajstić information content (AvgIpc) is 2.30. The lowest BCUT2D eigenvalue weighted by atomic mass is 10.1. The number of pyridine rings is 1. The summed E-state index contributed by atoms with van der Waals surface area (Å²) in [7, 11) is 1.62. The fraction of sp³-hybridized carbons (Fsp3) is 0.0833. The van der Waals surface area contributed by atoms with Crippen LogP contribution < -0.4 is 10.5 Å². The summed E-state index contributed by atoms with van der Waals surface area (Å²) in [6.07, 6.45) is 3.44. The lowest BCUT2D eigenvalue weighted by Gasteiger charge is -2.06. The van der Waals surface area contributed by atoms with Gasteiger partial charge in [0, 0.05) is 23.0 Å². The molecular formula is C12H12N2O. The molecule has 0 radical (unpaired) electrons. The SMILES string of the molecule is COc1cncc(-c2ccccc2N)c1. The van der Waals surface area contributed by atoms with Gasteiger partial charge in [0.1, 0.15) is 5.75 Å². The molecule has 1 aromatic heterocycles. The van der Waals surface area contributed by atoms with E-state index in [-0.39, 0.29) is 0 Å². The zero-order valence-electron chi connectivity index (χ0n) is 8.47. The van der Waals surface area contributed by atoms with Crippen molar-refractivity contribution in [3.05, 3.63) is 42.7 Å². The zero-order chi connectivity index (χ0) is 10.7. The minimum atomic E-state index is 0.732. The molecule has 0 aliphatic carbocycles. The fourth-order valence-corrected chi connectivity index (χ4v) is 1.44. The smallest absolute Gasteiger partial charge is 0.137 e. The van der Waals surface area contributed by atoms with Crippen LogP contribution in [0.1, 0.15) is 0 Å². The van der Waals surface area contributed by atoms with Crippen LogP contribution in [0.15, 0.2) is 42.7 Å². The molecule has 1 heterocycles. The van der Waals surface area contributed by atoms with E-state index < -0.39 is 0 Å². The maximum atomic E-state index is 5.88. The van der Waals surface area contributed by atoms with Gasteiger partial charge in [-0.15, -0.1) is 0 Å². The molecule has 0 aliphatic heterocycles. The number of nitrogens with two attached hydrogens (primary N) is 1. The maximum Gasteiger partial charge on any atom is 0.137 e. The molecule has 0 fully saturated rings. The number of rotatable bonds is 2. The molecule has 2 aromatic rings. The topological polar surface area (TPSA) is 48.1 Å². The van der Waals surface area contributed by atoms with Crippen molar-refractivity contribution in [1.29, 1.82) is 0 Å². The number of aromatic nitrogens is 1. The minimum absolute atomic E-state index is 0.732. The van der Waals surface area contributed by atoms with Crippen molar-refractivity contribution in [3.63, 3.8) is 0 Å². The van der Waals surface area contributed by atoms with Gasteiger partial charge >= 0.3 is 0 Å². The summed E-state index contributed by atoms with van der Waals surface area (Å²) >= 11 is 0. The highest BCUT2D eigenvalue weighted by atomic mass is 16.5. The highest BCUT2D eigenvalue weighted by molar-refractivity contribution is 5.76. The molecule has 3 nitrogen and oxygen atoms in total. The number of benzene rings is 1. The Labute approximate surface area is 88.5 Å². The predicted molar refractivity (Wildman–Crippen MR) is 60.6 cm³/mol.